The Hall–Kier alpha value is -1.66. The zero-order chi connectivity index (χ0) is 16.3. The molecule has 1 aromatic carbocycles. The number of carbonyl (C=O) groups is 1. The lowest BCUT2D eigenvalue weighted by atomic mass is 10.1. The van der Waals surface area contributed by atoms with Gasteiger partial charge in [0.1, 0.15) is 0 Å². The number of benzene rings is 1. The number of halogens is 5. The van der Waals surface area contributed by atoms with Crippen LogP contribution in [0.2, 0.25) is 0 Å². The predicted octanol–water partition coefficient (Wildman–Crippen LogP) is 3.76. The van der Waals surface area contributed by atoms with Crippen molar-refractivity contribution >= 4 is 5.91 Å². The van der Waals surface area contributed by atoms with E-state index in [1.165, 1.54) is 0 Å². The van der Waals surface area contributed by atoms with Crippen molar-refractivity contribution in [2.75, 3.05) is 0 Å². The van der Waals surface area contributed by atoms with Crippen LogP contribution in [0.4, 0.5) is 22.0 Å². The fourth-order valence-electron chi connectivity index (χ4n) is 2.67. The van der Waals surface area contributed by atoms with Crippen LogP contribution in [0.15, 0.2) is 0 Å². The summed E-state index contributed by atoms with van der Waals surface area (Å²) in [7, 11) is 0. The molecule has 0 spiro atoms. The van der Waals surface area contributed by atoms with Crippen LogP contribution >= 0.6 is 0 Å². The van der Waals surface area contributed by atoms with E-state index in [4.69, 9.17) is 0 Å². The first-order valence-corrected chi connectivity index (χ1v) is 7.21. The van der Waals surface area contributed by atoms with Crippen LogP contribution in [0.25, 0.3) is 0 Å². The standard InChI is InChI=1S/C15H16F5NO/c16-11-9(12(17)14(19)15(20)13(11)18)7-10(22)21-8-5-3-1-2-4-6-8/h8H,1-7H2,(H,21,22). The molecule has 1 aliphatic rings. The molecule has 1 saturated carbocycles. The fourth-order valence-corrected chi connectivity index (χ4v) is 2.67. The molecule has 1 aliphatic carbocycles. The molecule has 0 bridgehead atoms. The molecular weight excluding hydrogens is 305 g/mol. The molecule has 0 unspecified atom stereocenters. The van der Waals surface area contributed by atoms with Gasteiger partial charge in [-0.15, -0.1) is 0 Å². The van der Waals surface area contributed by atoms with Crippen molar-refractivity contribution in [1.82, 2.24) is 5.32 Å². The van der Waals surface area contributed by atoms with E-state index >= 15 is 0 Å². The molecule has 2 nitrogen and oxygen atoms in total. The summed E-state index contributed by atoms with van der Waals surface area (Å²) in [6.45, 7) is 0. The summed E-state index contributed by atoms with van der Waals surface area (Å²) in [4.78, 5) is 11.8. The summed E-state index contributed by atoms with van der Waals surface area (Å²) >= 11 is 0. The van der Waals surface area contributed by atoms with Crippen molar-refractivity contribution in [3.8, 4) is 0 Å². The average molecular weight is 321 g/mol. The van der Waals surface area contributed by atoms with Crippen molar-refractivity contribution < 1.29 is 26.7 Å². The lowest BCUT2D eigenvalue weighted by molar-refractivity contribution is -0.121. The van der Waals surface area contributed by atoms with E-state index in [9.17, 15) is 26.7 Å². The molecule has 1 aromatic rings. The minimum Gasteiger partial charge on any atom is -0.353 e. The summed E-state index contributed by atoms with van der Waals surface area (Å²) in [6, 6.07) is -0.115. The van der Waals surface area contributed by atoms with Gasteiger partial charge in [-0.25, -0.2) is 22.0 Å². The number of hydrogen-bond acceptors (Lipinski definition) is 1. The van der Waals surface area contributed by atoms with Crippen molar-refractivity contribution in [1.29, 1.82) is 0 Å². The second kappa shape index (κ2) is 7.07. The molecule has 0 aromatic heterocycles. The Balaban J connectivity index is 2.11. The third-order valence-electron chi connectivity index (χ3n) is 3.86. The first kappa shape index (κ1) is 16.7. The third-order valence-corrected chi connectivity index (χ3v) is 3.86. The van der Waals surface area contributed by atoms with Crippen LogP contribution in [0.1, 0.15) is 44.1 Å². The topological polar surface area (TPSA) is 29.1 Å². The molecule has 0 atom stereocenters. The van der Waals surface area contributed by atoms with E-state index < -0.39 is 47.0 Å². The number of hydrogen-bond donors (Lipinski definition) is 1. The Bertz CT molecular complexity index is 539. The van der Waals surface area contributed by atoms with Gasteiger partial charge in [-0.3, -0.25) is 4.79 Å². The summed E-state index contributed by atoms with van der Waals surface area (Å²) in [5.41, 5.74) is -1.09. The Morgan fingerprint density at radius 2 is 1.27 bits per heavy atom. The summed E-state index contributed by atoms with van der Waals surface area (Å²) in [6.07, 6.45) is 4.63. The van der Waals surface area contributed by atoms with E-state index in [1.54, 1.807) is 0 Å². The first-order valence-electron chi connectivity index (χ1n) is 7.21. The van der Waals surface area contributed by atoms with Crippen molar-refractivity contribution in [2.45, 2.75) is 51.0 Å². The molecule has 1 N–H and O–H groups in total. The molecule has 22 heavy (non-hydrogen) atoms. The first-order chi connectivity index (χ1) is 10.4. The van der Waals surface area contributed by atoms with E-state index in [0.717, 1.165) is 38.5 Å². The van der Waals surface area contributed by atoms with Crippen molar-refractivity contribution in [3.05, 3.63) is 34.6 Å². The monoisotopic (exact) mass is 321 g/mol. The maximum absolute atomic E-state index is 13.5. The van der Waals surface area contributed by atoms with Gasteiger partial charge in [0.25, 0.3) is 0 Å². The third kappa shape index (κ3) is 3.56. The van der Waals surface area contributed by atoms with Crippen molar-refractivity contribution in [3.63, 3.8) is 0 Å². The molecular formula is C15H16F5NO. The quantitative estimate of drug-likeness (QED) is 0.390. The van der Waals surface area contributed by atoms with Gasteiger partial charge in [0.2, 0.25) is 11.7 Å². The highest BCUT2D eigenvalue weighted by atomic mass is 19.2. The number of carbonyl (C=O) groups excluding carboxylic acids is 1. The van der Waals surface area contributed by atoms with Gasteiger partial charge in [0.05, 0.1) is 6.42 Å². The van der Waals surface area contributed by atoms with Gasteiger partial charge in [0, 0.05) is 11.6 Å². The molecule has 2 rings (SSSR count). The lowest BCUT2D eigenvalue weighted by Gasteiger charge is -2.16. The summed E-state index contributed by atoms with van der Waals surface area (Å²) in [5, 5.41) is 2.60. The molecule has 0 aliphatic heterocycles. The number of amides is 1. The van der Waals surface area contributed by atoms with Crippen LogP contribution in [0.5, 0.6) is 0 Å². The van der Waals surface area contributed by atoms with Crippen LogP contribution in [0.3, 0.4) is 0 Å². The highest BCUT2D eigenvalue weighted by molar-refractivity contribution is 5.79. The Morgan fingerprint density at radius 3 is 1.77 bits per heavy atom. The molecule has 0 radical (unpaired) electrons. The van der Waals surface area contributed by atoms with Gasteiger partial charge in [-0.05, 0) is 12.8 Å². The van der Waals surface area contributed by atoms with Crippen LogP contribution < -0.4 is 5.32 Å². The number of rotatable bonds is 3. The maximum atomic E-state index is 13.5. The zero-order valence-electron chi connectivity index (χ0n) is 11.8. The largest absolute Gasteiger partial charge is 0.353 e. The van der Waals surface area contributed by atoms with Gasteiger partial charge < -0.3 is 5.32 Å². The normalized spacial score (nSPS) is 16.4. The van der Waals surface area contributed by atoms with Gasteiger partial charge in [-0.1, -0.05) is 25.7 Å². The molecule has 122 valence electrons. The van der Waals surface area contributed by atoms with E-state index in [0.29, 0.717) is 0 Å². The average Bonchev–Trinajstić information content (AvgIpc) is 2.76. The van der Waals surface area contributed by atoms with Crippen LogP contribution in [0, 0.1) is 29.1 Å². The molecule has 0 saturated heterocycles. The van der Waals surface area contributed by atoms with Gasteiger partial charge in [-0.2, -0.15) is 0 Å². The van der Waals surface area contributed by atoms with Crippen molar-refractivity contribution in [2.24, 2.45) is 0 Å². The SMILES string of the molecule is O=C(Cc1c(F)c(F)c(F)c(F)c1F)NC1CCCCCC1. The molecule has 0 heterocycles. The van der Waals surface area contributed by atoms with Crippen LogP contribution in [-0.4, -0.2) is 11.9 Å². The smallest absolute Gasteiger partial charge is 0.224 e. The molecule has 1 fully saturated rings. The van der Waals surface area contributed by atoms with Gasteiger partial charge in [0.15, 0.2) is 23.3 Å². The molecule has 7 heteroatoms. The molecule has 1 amide bonds. The Morgan fingerprint density at radius 1 is 0.818 bits per heavy atom. The second-order valence-corrected chi connectivity index (χ2v) is 5.48. The Labute approximate surface area is 124 Å². The predicted molar refractivity (Wildman–Crippen MR) is 69.6 cm³/mol. The van der Waals surface area contributed by atoms with Gasteiger partial charge >= 0.3 is 0 Å². The van der Waals surface area contributed by atoms with Crippen LogP contribution in [-0.2, 0) is 11.2 Å². The lowest BCUT2D eigenvalue weighted by Crippen LogP contribution is -2.36. The number of nitrogens with one attached hydrogen (secondary N) is 1. The minimum atomic E-state index is -2.22. The Kier molecular flexibility index (Phi) is 5.37. The second-order valence-electron chi connectivity index (χ2n) is 5.48. The fraction of sp³-hybridized carbons (Fsp3) is 0.533. The van der Waals surface area contributed by atoms with E-state index in [-0.39, 0.29) is 6.04 Å². The summed E-state index contributed by atoms with van der Waals surface area (Å²) in [5.74, 6) is -10.9. The van der Waals surface area contributed by atoms with E-state index in [1.807, 2.05) is 0 Å². The summed E-state index contributed by atoms with van der Waals surface area (Å²) < 4.78 is 66.1. The minimum absolute atomic E-state index is 0.115. The highest BCUT2D eigenvalue weighted by Gasteiger charge is 2.27. The van der Waals surface area contributed by atoms with E-state index in [2.05, 4.69) is 5.32 Å². The highest BCUT2D eigenvalue weighted by Crippen LogP contribution is 2.23. The zero-order valence-corrected chi connectivity index (χ0v) is 11.8. The maximum Gasteiger partial charge on any atom is 0.224 e.